The number of rotatable bonds is 7. The standard InChI is InChI=1S/C23H20N2O6/c1-28-15-6-4-13(5-7-15)17(14(11-24)12-25)10-18(26)19-20(27)23(30-3)22-16(8-9-31-22)21(19)29-2/h4-10,17,24,26-27H,1-3H3/b18-10-. The van der Waals surface area contributed by atoms with Crippen LogP contribution in [0.1, 0.15) is 17.0 Å². The van der Waals surface area contributed by atoms with Gasteiger partial charge in [-0.15, -0.1) is 0 Å². The molecule has 0 amide bonds. The number of nitrogens with zero attached hydrogens (tertiary/aromatic N) is 1. The van der Waals surface area contributed by atoms with Crippen LogP contribution < -0.4 is 14.2 Å². The summed E-state index contributed by atoms with van der Waals surface area (Å²) in [6.07, 6.45) is 2.75. The smallest absolute Gasteiger partial charge is 0.205 e. The number of hydrogen-bond acceptors (Lipinski definition) is 8. The number of phenolic OH excluding ortho intramolecular Hbond substituents is 1. The van der Waals surface area contributed by atoms with Crippen molar-refractivity contribution in [3.05, 3.63) is 59.4 Å². The number of benzene rings is 2. The lowest BCUT2D eigenvalue weighted by atomic mass is 9.90. The van der Waals surface area contributed by atoms with E-state index in [0.717, 1.165) is 0 Å². The summed E-state index contributed by atoms with van der Waals surface area (Å²) in [5.74, 6) is 1.34. The average molecular weight is 420 g/mol. The third-order valence-electron chi connectivity index (χ3n) is 4.82. The third kappa shape index (κ3) is 3.78. The summed E-state index contributed by atoms with van der Waals surface area (Å²) in [5, 5.41) is 39.2. The summed E-state index contributed by atoms with van der Waals surface area (Å²) in [5.41, 5.74) is 0.802. The molecule has 2 aromatic carbocycles. The van der Waals surface area contributed by atoms with Gasteiger partial charge in [0, 0.05) is 5.92 Å². The van der Waals surface area contributed by atoms with Gasteiger partial charge in [-0.05, 0) is 35.7 Å². The summed E-state index contributed by atoms with van der Waals surface area (Å²) < 4.78 is 21.2. The minimum Gasteiger partial charge on any atom is -0.507 e. The van der Waals surface area contributed by atoms with Gasteiger partial charge >= 0.3 is 0 Å². The Hall–Kier alpha value is -4.34. The van der Waals surface area contributed by atoms with Crippen LogP contribution in [0.3, 0.4) is 0 Å². The second-order valence-corrected chi connectivity index (χ2v) is 6.41. The predicted molar refractivity (Wildman–Crippen MR) is 114 cm³/mol. The number of aromatic hydroxyl groups is 1. The Morgan fingerprint density at radius 3 is 2.32 bits per heavy atom. The second-order valence-electron chi connectivity index (χ2n) is 6.41. The molecule has 3 N–H and O–H groups in total. The van der Waals surface area contributed by atoms with Crippen LogP contribution in [0.25, 0.3) is 16.7 Å². The van der Waals surface area contributed by atoms with Crippen molar-refractivity contribution in [2.24, 2.45) is 0 Å². The van der Waals surface area contributed by atoms with E-state index in [4.69, 9.17) is 24.0 Å². The third-order valence-corrected chi connectivity index (χ3v) is 4.82. The van der Waals surface area contributed by atoms with E-state index >= 15 is 0 Å². The van der Waals surface area contributed by atoms with Crippen molar-refractivity contribution >= 4 is 22.6 Å². The topological polar surface area (TPSA) is 129 Å². The first kappa shape index (κ1) is 21.4. The molecule has 0 aliphatic rings. The number of allylic oxidation sites excluding steroid dienone is 2. The number of nitriles is 1. The van der Waals surface area contributed by atoms with Crippen LogP contribution in [0, 0.1) is 16.7 Å². The number of fused-ring (bicyclic) bond motifs is 1. The van der Waals surface area contributed by atoms with Gasteiger partial charge in [-0.1, -0.05) is 12.1 Å². The SMILES string of the molecule is COc1ccc(C(/C=C(\O)c2c(O)c(OC)c3occc3c2OC)C(=C=N)C#N)cc1. The molecule has 3 aromatic rings. The van der Waals surface area contributed by atoms with Gasteiger partial charge < -0.3 is 28.8 Å². The Kier molecular flexibility index (Phi) is 6.20. The van der Waals surface area contributed by atoms with E-state index in [1.807, 2.05) is 6.07 Å². The predicted octanol–water partition coefficient (Wildman–Crippen LogP) is 4.55. The molecule has 158 valence electrons. The molecule has 0 radical (unpaired) electrons. The summed E-state index contributed by atoms with van der Waals surface area (Å²) >= 11 is 0. The van der Waals surface area contributed by atoms with Gasteiger partial charge in [-0.3, -0.25) is 5.41 Å². The quantitative estimate of drug-likeness (QED) is 0.291. The maximum atomic E-state index is 11.0. The molecule has 3 rings (SSSR count). The molecule has 0 aliphatic heterocycles. The van der Waals surface area contributed by atoms with Gasteiger partial charge in [0.2, 0.25) is 5.75 Å². The highest BCUT2D eigenvalue weighted by molar-refractivity contribution is 5.97. The van der Waals surface area contributed by atoms with Gasteiger partial charge in [-0.25, -0.2) is 0 Å². The molecular formula is C23H20N2O6. The van der Waals surface area contributed by atoms with Crippen molar-refractivity contribution < 1.29 is 28.8 Å². The zero-order chi connectivity index (χ0) is 22.5. The number of aliphatic hydroxyl groups is 1. The molecule has 31 heavy (non-hydrogen) atoms. The van der Waals surface area contributed by atoms with Crippen LogP contribution in [0.5, 0.6) is 23.0 Å². The maximum Gasteiger partial charge on any atom is 0.205 e. The molecule has 0 saturated heterocycles. The molecule has 8 heteroatoms. The Morgan fingerprint density at radius 1 is 1.10 bits per heavy atom. The Bertz CT molecular complexity index is 1230. The van der Waals surface area contributed by atoms with Crippen molar-refractivity contribution in [3.8, 4) is 29.1 Å². The highest BCUT2D eigenvalue weighted by Gasteiger charge is 2.27. The first-order valence-corrected chi connectivity index (χ1v) is 9.09. The lowest BCUT2D eigenvalue weighted by Crippen LogP contribution is -2.02. The van der Waals surface area contributed by atoms with Gasteiger partial charge in [0.05, 0.1) is 33.0 Å². The zero-order valence-corrected chi connectivity index (χ0v) is 17.1. The van der Waals surface area contributed by atoms with Crippen molar-refractivity contribution in [1.82, 2.24) is 0 Å². The number of hydrogen-bond donors (Lipinski definition) is 3. The monoisotopic (exact) mass is 420 g/mol. The summed E-state index contributed by atoms with van der Waals surface area (Å²) in [6, 6.07) is 10.4. The molecule has 0 bridgehead atoms. The van der Waals surface area contributed by atoms with E-state index in [9.17, 15) is 15.5 Å². The van der Waals surface area contributed by atoms with E-state index < -0.39 is 5.92 Å². The Morgan fingerprint density at radius 2 is 1.77 bits per heavy atom. The molecular weight excluding hydrogens is 400 g/mol. The average Bonchev–Trinajstić information content (AvgIpc) is 3.27. The maximum absolute atomic E-state index is 11.0. The summed E-state index contributed by atoms with van der Waals surface area (Å²) in [4.78, 5) is 0. The molecule has 0 fully saturated rings. The lowest BCUT2D eigenvalue weighted by Gasteiger charge is -2.16. The lowest BCUT2D eigenvalue weighted by molar-refractivity contribution is 0.360. The van der Waals surface area contributed by atoms with E-state index in [-0.39, 0.29) is 39.7 Å². The Labute approximate surface area is 178 Å². The summed E-state index contributed by atoms with van der Waals surface area (Å²) in [6.45, 7) is 0. The minimum atomic E-state index is -0.816. The van der Waals surface area contributed by atoms with Crippen LogP contribution >= 0.6 is 0 Å². The minimum absolute atomic E-state index is 0.0276. The van der Waals surface area contributed by atoms with Gasteiger partial charge in [0.1, 0.15) is 34.5 Å². The van der Waals surface area contributed by atoms with Crippen LogP contribution in [0.15, 0.2) is 52.7 Å². The van der Waals surface area contributed by atoms with E-state index in [2.05, 4.69) is 5.87 Å². The fourth-order valence-electron chi connectivity index (χ4n) is 3.34. The molecule has 1 unspecified atom stereocenters. The normalized spacial score (nSPS) is 12.0. The van der Waals surface area contributed by atoms with Crippen molar-refractivity contribution in [2.45, 2.75) is 5.92 Å². The fourth-order valence-corrected chi connectivity index (χ4v) is 3.34. The number of nitrogens with one attached hydrogen (secondary N) is 1. The van der Waals surface area contributed by atoms with Gasteiger partial charge in [0.25, 0.3) is 0 Å². The van der Waals surface area contributed by atoms with Gasteiger partial charge in [-0.2, -0.15) is 5.26 Å². The first-order chi connectivity index (χ1) is 15.0. The van der Waals surface area contributed by atoms with Crippen molar-refractivity contribution in [3.63, 3.8) is 0 Å². The van der Waals surface area contributed by atoms with Crippen LogP contribution in [0.4, 0.5) is 0 Å². The van der Waals surface area contributed by atoms with Gasteiger partial charge in [0.15, 0.2) is 11.3 Å². The van der Waals surface area contributed by atoms with E-state index in [0.29, 0.717) is 16.7 Å². The number of methoxy groups -OCH3 is 3. The number of aliphatic hydroxyl groups excluding tert-OH is 1. The van der Waals surface area contributed by atoms with Crippen molar-refractivity contribution in [1.29, 1.82) is 10.7 Å². The van der Waals surface area contributed by atoms with E-state index in [1.54, 1.807) is 30.3 Å². The fraction of sp³-hybridized carbons (Fsp3) is 0.174. The first-order valence-electron chi connectivity index (χ1n) is 9.09. The highest BCUT2D eigenvalue weighted by atomic mass is 16.5. The van der Waals surface area contributed by atoms with Crippen LogP contribution in [-0.2, 0) is 0 Å². The zero-order valence-electron chi connectivity index (χ0n) is 17.1. The molecule has 1 heterocycles. The molecule has 0 spiro atoms. The number of ether oxygens (including phenoxy) is 3. The molecule has 0 saturated carbocycles. The highest BCUT2D eigenvalue weighted by Crippen LogP contribution is 2.48. The largest absolute Gasteiger partial charge is 0.507 e. The van der Waals surface area contributed by atoms with Crippen LogP contribution in [0.2, 0.25) is 0 Å². The van der Waals surface area contributed by atoms with E-state index in [1.165, 1.54) is 33.7 Å². The molecule has 0 aliphatic carbocycles. The molecule has 1 aromatic heterocycles. The van der Waals surface area contributed by atoms with Crippen LogP contribution in [-0.4, -0.2) is 37.4 Å². The Balaban J connectivity index is 2.24. The molecule has 8 nitrogen and oxygen atoms in total. The molecule has 1 atom stereocenters. The number of phenols is 1. The number of furan rings is 1. The second kappa shape index (κ2) is 8.99. The summed E-state index contributed by atoms with van der Waals surface area (Å²) in [7, 11) is 4.29. The van der Waals surface area contributed by atoms with Crippen molar-refractivity contribution in [2.75, 3.05) is 21.3 Å².